The van der Waals surface area contributed by atoms with Gasteiger partial charge in [-0.3, -0.25) is 14.5 Å². The van der Waals surface area contributed by atoms with E-state index < -0.39 is 58.1 Å². The van der Waals surface area contributed by atoms with Crippen LogP contribution in [0.5, 0.6) is 0 Å². The molecule has 0 saturated carbocycles. The topological polar surface area (TPSA) is 188 Å². The maximum absolute atomic E-state index is 13.3. The number of hydrogen-bond acceptors (Lipinski definition) is 9. The molecule has 4 N–H and O–H groups in total. The molecule has 18 heteroatoms. The fourth-order valence-electron chi connectivity index (χ4n) is 4.06. The maximum Gasteiger partial charge on any atom is 0.416 e. The van der Waals surface area contributed by atoms with Crippen molar-refractivity contribution < 1.29 is 36.2 Å². The van der Waals surface area contributed by atoms with E-state index >= 15 is 0 Å². The zero-order valence-electron chi connectivity index (χ0n) is 21.8. The molecule has 0 saturated heterocycles. The first-order valence-electron chi connectivity index (χ1n) is 12.0. The van der Waals surface area contributed by atoms with Gasteiger partial charge in [0.05, 0.1) is 18.0 Å². The molecule has 4 aromatic rings. The molecule has 2 atom stereocenters. The number of nitrogens with zero attached hydrogens (tertiary/aromatic N) is 5. The number of nitrogens with one attached hydrogen (secondary N) is 1. The molecule has 42 heavy (non-hydrogen) atoms. The van der Waals surface area contributed by atoms with Crippen LogP contribution < -0.4 is 10.8 Å². The number of halogens is 4. The fourth-order valence-corrected chi connectivity index (χ4v) is 5.15. The number of aliphatic hydroxyl groups excluding tert-OH is 1. The van der Waals surface area contributed by atoms with Gasteiger partial charge < -0.3 is 9.84 Å². The molecular weight excluding hydrogens is 607 g/mol. The summed E-state index contributed by atoms with van der Waals surface area (Å²) >= 11 is 5.91. The van der Waals surface area contributed by atoms with Crippen LogP contribution in [-0.4, -0.2) is 61.3 Å². The lowest BCUT2D eigenvalue weighted by Crippen LogP contribution is -2.37. The summed E-state index contributed by atoms with van der Waals surface area (Å²) in [6, 6.07) is 9.81. The number of alkyl halides is 3. The number of aromatic amines is 1. The van der Waals surface area contributed by atoms with Crippen molar-refractivity contribution in [2.75, 3.05) is 0 Å². The minimum absolute atomic E-state index is 0.0554. The van der Waals surface area contributed by atoms with E-state index in [0.29, 0.717) is 9.59 Å². The Kier molecular flexibility index (Phi) is 8.58. The summed E-state index contributed by atoms with van der Waals surface area (Å²) in [4.78, 5) is 28.3. The van der Waals surface area contributed by atoms with E-state index in [1.165, 1.54) is 56.3 Å². The number of H-pyrrole nitrogens is 1. The molecular formula is C24H23ClF3N7O6S. The van der Waals surface area contributed by atoms with Crippen molar-refractivity contribution in [3.63, 3.8) is 0 Å². The van der Waals surface area contributed by atoms with E-state index in [4.69, 9.17) is 21.5 Å². The lowest BCUT2D eigenvalue weighted by Gasteiger charge is -2.15. The number of ether oxygens (including phenoxy) is 1. The summed E-state index contributed by atoms with van der Waals surface area (Å²) in [5.41, 5.74) is -0.977. The van der Waals surface area contributed by atoms with Gasteiger partial charge in [0.25, 0.3) is 0 Å². The van der Waals surface area contributed by atoms with Gasteiger partial charge in [0.2, 0.25) is 10.0 Å². The van der Waals surface area contributed by atoms with Crippen LogP contribution in [0.3, 0.4) is 0 Å². The van der Waals surface area contributed by atoms with Crippen molar-refractivity contribution >= 4 is 27.6 Å². The highest BCUT2D eigenvalue weighted by Crippen LogP contribution is 2.29. The first-order chi connectivity index (χ1) is 19.6. The molecule has 0 fully saturated rings. The summed E-state index contributed by atoms with van der Waals surface area (Å²) < 4.78 is 71.5. The summed E-state index contributed by atoms with van der Waals surface area (Å²) in [5, 5.41) is 26.2. The number of rotatable bonds is 9. The monoisotopic (exact) mass is 629 g/mol. The third-order valence-corrected chi connectivity index (χ3v) is 7.23. The van der Waals surface area contributed by atoms with Crippen molar-refractivity contribution in [1.29, 1.82) is 0 Å². The number of sulfonamides is 1. The molecule has 224 valence electrons. The standard InChI is InChI=1S/C24H23ClF3N7O6S/c1-12(41-13(2)36)20-30-21(32-31-20)17-5-3-4-15(19(17)42(29,39)40)10-35-23(38)34(11-18(37)24(26,27)28)22(33-35)14-6-8-16(25)9-7-14/h3-9,12,18,37H,10-11H2,1-2H3,(H2,29,39,40)(H,30,31,32)/t12?,18-/m0/s1. The Morgan fingerprint density at radius 2 is 1.88 bits per heavy atom. The van der Waals surface area contributed by atoms with E-state index in [2.05, 4.69) is 20.3 Å². The fraction of sp³-hybridized carbons (Fsp3) is 0.292. The Balaban J connectivity index is 1.82. The van der Waals surface area contributed by atoms with Gasteiger partial charge in [0.15, 0.2) is 29.7 Å². The quantitative estimate of drug-likeness (QED) is 0.234. The number of esters is 1. The van der Waals surface area contributed by atoms with Gasteiger partial charge in [-0.2, -0.15) is 18.3 Å². The number of hydrogen-bond donors (Lipinski definition) is 3. The second-order valence-electron chi connectivity index (χ2n) is 9.07. The maximum atomic E-state index is 13.3. The molecule has 0 aliphatic carbocycles. The summed E-state index contributed by atoms with van der Waals surface area (Å²) in [6.45, 7) is 0.985. The zero-order chi connectivity index (χ0) is 31.0. The smallest absolute Gasteiger partial charge is 0.416 e. The molecule has 2 aromatic carbocycles. The van der Waals surface area contributed by atoms with Crippen LogP contribution in [0.2, 0.25) is 5.02 Å². The Hall–Kier alpha value is -4.06. The molecule has 0 aliphatic heterocycles. The van der Waals surface area contributed by atoms with Crippen molar-refractivity contribution in [1.82, 2.24) is 29.5 Å². The van der Waals surface area contributed by atoms with Gasteiger partial charge in [-0.05, 0) is 42.8 Å². The van der Waals surface area contributed by atoms with Crippen LogP contribution in [0.15, 0.2) is 52.2 Å². The highest BCUT2D eigenvalue weighted by atomic mass is 35.5. The highest BCUT2D eigenvalue weighted by molar-refractivity contribution is 7.89. The van der Waals surface area contributed by atoms with Gasteiger partial charge in [0, 0.05) is 23.1 Å². The Bertz CT molecular complexity index is 1780. The van der Waals surface area contributed by atoms with E-state index in [1.54, 1.807) is 0 Å². The van der Waals surface area contributed by atoms with Gasteiger partial charge in [0.1, 0.15) is 0 Å². The lowest BCUT2D eigenvalue weighted by molar-refractivity contribution is -0.207. The third kappa shape index (κ3) is 6.70. The predicted molar refractivity (Wildman–Crippen MR) is 141 cm³/mol. The van der Waals surface area contributed by atoms with Gasteiger partial charge in [-0.1, -0.05) is 23.7 Å². The van der Waals surface area contributed by atoms with Crippen molar-refractivity contribution in [2.24, 2.45) is 5.14 Å². The Morgan fingerprint density at radius 1 is 1.21 bits per heavy atom. The van der Waals surface area contributed by atoms with E-state index in [9.17, 15) is 36.3 Å². The predicted octanol–water partition coefficient (Wildman–Crippen LogP) is 2.39. The molecule has 0 bridgehead atoms. The molecule has 0 aliphatic rings. The van der Waals surface area contributed by atoms with Gasteiger partial charge >= 0.3 is 17.8 Å². The number of aromatic nitrogens is 6. The molecule has 13 nitrogen and oxygen atoms in total. The average Bonchev–Trinajstić information content (AvgIpc) is 3.49. The molecule has 2 aromatic heterocycles. The van der Waals surface area contributed by atoms with Crippen molar-refractivity contribution in [2.45, 2.75) is 50.2 Å². The highest BCUT2D eigenvalue weighted by Gasteiger charge is 2.39. The van der Waals surface area contributed by atoms with Crippen LogP contribution in [-0.2, 0) is 32.6 Å². The number of benzene rings is 2. The third-order valence-electron chi connectivity index (χ3n) is 5.93. The number of carbonyl (C=O) groups excluding carboxylic acids is 1. The van der Waals surface area contributed by atoms with E-state index in [1.807, 2.05) is 0 Å². The SMILES string of the molecule is CC(=O)OC(C)c1nc(-c2cccc(Cn3nc(-c4ccc(Cl)cc4)n(C[C@H](O)C(F)(F)F)c3=O)c2S(N)(=O)=O)n[nH]1. The first kappa shape index (κ1) is 30.9. The number of aliphatic hydroxyl groups is 1. The number of carbonyl (C=O) groups is 1. The average molecular weight is 630 g/mol. The molecule has 2 heterocycles. The van der Waals surface area contributed by atoms with Gasteiger partial charge in [-0.25, -0.2) is 28.0 Å². The van der Waals surface area contributed by atoms with E-state index in [-0.39, 0.29) is 34.2 Å². The molecule has 4 rings (SSSR count). The summed E-state index contributed by atoms with van der Waals surface area (Å²) in [6.07, 6.45) is -8.77. The lowest BCUT2D eigenvalue weighted by atomic mass is 10.1. The summed E-state index contributed by atoms with van der Waals surface area (Å²) in [7, 11) is -4.51. The van der Waals surface area contributed by atoms with Crippen LogP contribution in [0.25, 0.3) is 22.8 Å². The van der Waals surface area contributed by atoms with Crippen molar-refractivity contribution in [3.05, 3.63) is 69.4 Å². The second-order valence-corrected chi connectivity index (χ2v) is 11.0. The van der Waals surface area contributed by atoms with Crippen LogP contribution in [0.1, 0.15) is 31.3 Å². The Labute approximate surface area is 240 Å². The molecule has 0 amide bonds. The van der Waals surface area contributed by atoms with Gasteiger partial charge in [-0.15, -0.1) is 5.10 Å². The molecule has 1 unspecified atom stereocenters. The largest absolute Gasteiger partial charge is 0.455 e. The number of primary sulfonamides is 1. The second kappa shape index (κ2) is 11.7. The minimum atomic E-state index is -5.03. The normalized spacial score (nSPS) is 13.6. The number of nitrogens with two attached hydrogens (primary N) is 1. The summed E-state index contributed by atoms with van der Waals surface area (Å²) in [5.74, 6) is -0.829. The van der Waals surface area contributed by atoms with Crippen LogP contribution in [0, 0.1) is 0 Å². The van der Waals surface area contributed by atoms with Crippen LogP contribution in [0.4, 0.5) is 13.2 Å². The zero-order valence-corrected chi connectivity index (χ0v) is 23.4. The minimum Gasteiger partial charge on any atom is -0.455 e. The van der Waals surface area contributed by atoms with Crippen LogP contribution >= 0.6 is 11.6 Å². The van der Waals surface area contributed by atoms with Crippen molar-refractivity contribution in [3.8, 4) is 22.8 Å². The Morgan fingerprint density at radius 3 is 2.48 bits per heavy atom. The molecule has 0 spiro atoms. The first-order valence-corrected chi connectivity index (χ1v) is 13.9. The van der Waals surface area contributed by atoms with E-state index in [0.717, 1.165) is 4.68 Å². The molecule has 0 radical (unpaired) electrons.